The highest BCUT2D eigenvalue weighted by Gasteiger charge is 2.22. The van der Waals surface area contributed by atoms with Crippen LogP contribution in [0.4, 0.5) is 0 Å². The van der Waals surface area contributed by atoms with Gasteiger partial charge in [-0.3, -0.25) is 9.20 Å². The molecule has 1 amide bonds. The van der Waals surface area contributed by atoms with Crippen molar-refractivity contribution >= 4 is 22.2 Å². The van der Waals surface area contributed by atoms with Gasteiger partial charge in [0.25, 0.3) is 0 Å². The van der Waals surface area contributed by atoms with Gasteiger partial charge in [-0.05, 0) is 27.2 Å². The molecule has 0 bridgehead atoms. The first-order valence-electron chi connectivity index (χ1n) is 7.49. The SMILES string of the molecule is Cc1nc2scc(C)n2c1CNC(C)CN1CCCC1=O. The highest BCUT2D eigenvalue weighted by atomic mass is 32.1. The molecular formula is C15H22N4OS. The predicted octanol–water partition coefficient (Wildman–Crippen LogP) is 2.11. The molecule has 0 saturated carbocycles. The molecule has 0 aromatic carbocycles. The van der Waals surface area contributed by atoms with Crippen LogP contribution in [0.3, 0.4) is 0 Å². The monoisotopic (exact) mass is 306 g/mol. The van der Waals surface area contributed by atoms with Crippen molar-refractivity contribution in [1.82, 2.24) is 19.6 Å². The predicted molar refractivity (Wildman–Crippen MR) is 84.7 cm³/mol. The number of imidazole rings is 1. The number of aromatic nitrogens is 2. The van der Waals surface area contributed by atoms with E-state index in [2.05, 4.69) is 40.9 Å². The smallest absolute Gasteiger partial charge is 0.222 e. The lowest BCUT2D eigenvalue weighted by molar-refractivity contribution is -0.127. The van der Waals surface area contributed by atoms with E-state index in [4.69, 9.17) is 0 Å². The Morgan fingerprint density at radius 3 is 3.00 bits per heavy atom. The molecule has 2 aromatic rings. The average Bonchev–Trinajstić information content (AvgIpc) is 3.07. The van der Waals surface area contributed by atoms with Gasteiger partial charge in [-0.1, -0.05) is 0 Å². The molecule has 1 N–H and O–H groups in total. The number of carbonyl (C=O) groups is 1. The molecule has 21 heavy (non-hydrogen) atoms. The molecule has 0 spiro atoms. The molecule has 5 nitrogen and oxygen atoms in total. The Morgan fingerprint density at radius 2 is 2.29 bits per heavy atom. The number of carbonyl (C=O) groups excluding carboxylic acids is 1. The molecule has 1 aliphatic rings. The highest BCUT2D eigenvalue weighted by Crippen LogP contribution is 2.20. The van der Waals surface area contributed by atoms with Crippen molar-refractivity contribution in [3.05, 3.63) is 22.5 Å². The molecule has 114 valence electrons. The third-order valence-corrected chi connectivity index (χ3v) is 5.06. The Kier molecular flexibility index (Phi) is 3.99. The first kappa shape index (κ1) is 14.5. The normalized spacial score (nSPS) is 17.1. The van der Waals surface area contributed by atoms with Crippen molar-refractivity contribution in [2.75, 3.05) is 13.1 Å². The number of fused-ring (bicyclic) bond motifs is 1. The van der Waals surface area contributed by atoms with E-state index in [1.807, 2.05) is 4.90 Å². The maximum Gasteiger partial charge on any atom is 0.222 e. The molecule has 1 aliphatic heterocycles. The Balaban J connectivity index is 1.64. The van der Waals surface area contributed by atoms with Crippen LogP contribution < -0.4 is 5.32 Å². The van der Waals surface area contributed by atoms with Gasteiger partial charge in [0.1, 0.15) is 0 Å². The summed E-state index contributed by atoms with van der Waals surface area (Å²) in [5, 5.41) is 5.67. The summed E-state index contributed by atoms with van der Waals surface area (Å²) in [6.07, 6.45) is 1.71. The molecule has 6 heteroatoms. The molecule has 1 saturated heterocycles. The van der Waals surface area contributed by atoms with E-state index in [1.54, 1.807) is 11.3 Å². The number of nitrogens with zero attached hydrogens (tertiary/aromatic N) is 3. The van der Waals surface area contributed by atoms with Gasteiger partial charge >= 0.3 is 0 Å². The maximum absolute atomic E-state index is 11.7. The third kappa shape index (κ3) is 2.82. The molecular weight excluding hydrogens is 284 g/mol. The zero-order valence-electron chi connectivity index (χ0n) is 12.8. The summed E-state index contributed by atoms with van der Waals surface area (Å²) in [6.45, 7) is 8.80. The van der Waals surface area contributed by atoms with Crippen LogP contribution >= 0.6 is 11.3 Å². The summed E-state index contributed by atoms with van der Waals surface area (Å²) in [5.41, 5.74) is 3.54. The summed E-state index contributed by atoms with van der Waals surface area (Å²) >= 11 is 1.68. The fraction of sp³-hybridized carbons (Fsp3) is 0.600. The third-order valence-electron chi connectivity index (χ3n) is 4.11. The lowest BCUT2D eigenvalue weighted by Gasteiger charge is -2.21. The zero-order valence-corrected chi connectivity index (χ0v) is 13.7. The van der Waals surface area contributed by atoms with E-state index < -0.39 is 0 Å². The number of amides is 1. The van der Waals surface area contributed by atoms with Gasteiger partial charge < -0.3 is 10.2 Å². The Morgan fingerprint density at radius 1 is 1.48 bits per heavy atom. The summed E-state index contributed by atoms with van der Waals surface area (Å²) in [5.74, 6) is 0.292. The quantitative estimate of drug-likeness (QED) is 0.920. The number of rotatable bonds is 5. The standard InChI is InChI=1S/C15H22N4OS/c1-10(8-18-6-4-5-14(18)20)16-7-13-12(3)17-15-19(13)11(2)9-21-15/h9-10,16H,4-8H2,1-3H3. The molecule has 3 rings (SSSR count). The van der Waals surface area contributed by atoms with Crippen molar-refractivity contribution in [2.45, 2.75) is 46.2 Å². The topological polar surface area (TPSA) is 49.6 Å². The highest BCUT2D eigenvalue weighted by molar-refractivity contribution is 7.15. The van der Waals surface area contributed by atoms with Gasteiger partial charge in [0, 0.05) is 43.2 Å². The lowest BCUT2D eigenvalue weighted by atomic mass is 10.2. The first-order valence-corrected chi connectivity index (χ1v) is 8.37. The van der Waals surface area contributed by atoms with Crippen LogP contribution in [0, 0.1) is 13.8 Å². The van der Waals surface area contributed by atoms with Gasteiger partial charge in [0.05, 0.1) is 11.4 Å². The molecule has 1 unspecified atom stereocenters. The number of likely N-dealkylation sites (tertiary alicyclic amines) is 1. The molecule has 3 heterocycles. The Labute approximate surface area is 129 Å². The van der Waals surface area contributed by atoms with E-state index >= 15 is 0 Å². The van der Waals surface area contributed by atoms with Crippen molar-refractivity contribution in [1.29, 1.82) is 0 Å². The molecule has 0 aliphatic carbocycles. The van der Waals surface area contributed by atoms with Crippen molar-refractivity contribution in [2.24, 2.45) is 0 Å². The molecule has 1 fully saturated rings. The number of nitrogens with one attached hydrogen (secondary N) is 1. The van der Waals surface area contributed by atoms with Crippen LogP contribution in [0.15, 0.2) is 5.38 Å². The van der Waals surface area contributed by atoms with E-state index in [0.29, 0.717) is 12.3 Å². The molecule has 2 aromatic heterocycles. The van der Waals surface area contributed by atoms with E-state index in [0.717, 1.165) is 36.7 Å². The van der Waals surface area contributed by atoms with E-state index in [-0.39, 0.29) is 6.04 Å². The van der Waals surface area contributed by atoms with Gasteiger partial charge in [0.15, 0.2) is 4.96 Å². The summed E-state index contributed by atoms with van der Waals surface area (Å²) in [4.78, 5) is 19.3. The van der Waals surface area contributed by atoms with Gasteiger partial charge in [-0.2, -0.15) is 0 Å². The minimum atomic E-state index is 0.288. The minimum Gasteiger partial charge on any atom is -0.341 e. The second-order valence-electron chi connectivity index (χ2n) is 5.86. The van der Waals surface area contributed by atoms with Crippen LogP contribution in [0.2, 0.25) is 0 Å². The average molecular weight is 306 g/mol. The van der Waals surface area contributed by atoms with E-state index in [1.165, 1.54) is 11.4 Å². The second-order valence-corrected chi connectivity index (χ2v) is 6.70. The largest absolute Gasteiger partial charge is 0.341 e. The van der Waals surface area contributed by atoms with Crippen LogP contribution in [0.25, 0.3) is 4.96 Å². The molecule has 0 radical (unpaired) electrons. The summed E-state index contributed by atoms with van der Waals surface area (Å²) in [7, 11) is 0. The Bertz CT molecular complexity index is 660. The van der Waals surface area contributed by atoms with Crippen LogP contribution in [-0.4, -0.2) is 39.3 Å². The first-order chi connectivity index (χ1) is 10.1. The van der Waals surface area contributed by atoms with Crippen LogP contribution in [0.1, 0.15) is 36.8 Å². The zero-order chi connectivity index (χ0) is 15.0. The van der Waals surface area contributed by atoms with Crippen molar-refractivity contribution < 1.29 is 4.79 Å². The van der Waals surface area contributed by atoms with Crippen LogP contribution in [0.5, 0.6) is 0 Å². The van der Waals surface area contributed by atoms with Crippen molar-refractivity contribution in [3.8, 4) is 0 Å². The fourth-order valence-electron chi connectivity index (χ4n) is 2.94. The Hall–Kier alpha value is -1.40. The van der Waals surface area contributed by atoms with Crippen molar-refractivity contribution in [3.63, 3.8) is 0 Å². The summed E-state index contributed by atoms with van der Waals surface area (Å²) in [6, 6.07) is 0.288. The van der Waals surface area contributed by atoms with Gasteiger partial charge in [-0.15, -0.1) is 11.3 Å². The van der Waals surface area contributed by atoms with E-state index in [9.17, 15) is 4.79 Å². The van der Waals surface area contributed by atoms with Gasteiger partial charge in [0.2, 0.25) is 5.91 Å². The second kappa shape index (κ2) is 5.77. The van der Waals surface area contributed by atoms with Gasteiger partial charge in [-0.25, -0.2) is 4.98 Å². The lowest BCUT2D eigenvalue weighted by Crippen LogP contribution is -2.39. The fourth-order valence-corrected chi connectivity index (χ4v) is 3.87. The molecule has 1 atom stereocenters. The van der Waals surface area contributed by atoms with Crippen LogP contribution in [-0.2, 0) is 11.3 Å². The number of hydrogen-bond donors (Lipinski definition) is 1. The maximum atomic E-state index is 11.7. The number of hydrogen-bond acceptors (Lipinski definition) is 4. The summed E-state index contributed by atoms with van der Waals surface area (Å²) < 4.78 is 2.22. The number of thiazole rings is 1. The minimum absolute atomic E-state index is 0.288. The number of aryl methyl sites for hydroxylation is 2.